The lowest BCUT2D eigenvalue weighted by Crippen LogP contribution is -2.45. The van der Waals surface area contributed by atoms with Gasteiger partial charge in [-0.2, -0.15) is 22.0 Å². The molecule has 8 heteroatoms. The van der Waals surface area contributed by atoms with E-state index in [1.54, 1.807) is 0 Å². The fraction of sp³-hybridized carbons (Fsp3) is 0.333. The van der Waals surface area contributed by atoms with Crippen molar-refractivity contribution in [2.75, 3.05) is 0 Å². The highest BCUT2D eigenvalue weighted by molar-refractivity contribution is 5.37. The molecular formula is C9H7F6NO. The van der Waals surface area contributed by atoms with Crippen LogP contribution in [0.5, 0.6) is 5.75 Å². The Balaban J connectivity index is 3.22. The maximum Gasteiger partial charge on any atom is 0.455 e. The fourth-order valence-electron chi connectivity index (χ4n) is 1.15. The summed E-state index contributed by atoms with van der Waals surface area (Å²) in [5, 5.41) is 9.04. The predicted octanol–water partition coefficient (Wildman–Crippen LogP) is 2.73. The van der Waals surface area contributed by atoms with Crippen LogP contribution in [0.3, 0.4) is 0 Å². The van der Waals surface area contributed by atoms with Crippen LogP contribution in [0.2, 0.25) is 0 Å². The van der Waals surface area contributed by atoms with E-state index in [1.807, 2.05) is 0 Å². The fourth-order valence-corrected chi connectivity index (χ4v) is 1.15. The van der Waals surface area contributed by atoms with Gasteiger partial charge < -0.3 is 10.8 Å². The summed E-state index contributed by atoms with van der Waals surface area (Å²) in [5.41, 5.74) is 3.72. The molecule has 1 rings (SSSR count). The Morgan fingerprint density at radius 2 is 1.65 bits per heavy atom. The van der Waals surface area contributed by atoms with E-state index in [0.29, 0.717) is 12.1 Å². The Hall–Kier alpha value is -1.44. The Kier molecular flexibility index (Phi) is 3.28. The molecule has 0 fully saturated rings. The van der Waals surface area contributed by atoms with Crippen LogP contribution >= 0.6 is 0 Å². The Morgan fingerprint density at radius 1 is 1.12 bits per heavy atom. The van der Waals surface area contributed by atoms with Crippen LogP contribution in [-0.4, -0.2) is 17.2 Å². The topological polar surface area (TPSA) is 46.2 Å². The van der Waals surface area contributed by atoms with Crippen molar-refractivity contribution in [2.24, 2.45) is 5.73 Å². The number of phenols is 1. The minimum Gasteiger partial charge on any atom is -0.505 e. The van der Waals surface area contributed by atoms with Crippen LogP contribution in [0.15, 0.2) is 18.2 Å². The number of hydrogen-bond donors (Lipinski definition) is 2. The first-order chi connectivity index (χ1) is 7.59. The first kappa shape index (κ1) is 13.6. The number of hydrogen-bond acceptors (Lipinski definition) is 2. The molecule has 0 aliphatic carbocycles. The first-order valence-corrected chi connectivity index (χ1v) is 4.26. The molecule has 0 unspecified atom stereocenters. The van der Waals surface area contributed by atoms with E-state index < -0.39 is 35.3 Å². The third-order valence-corrected chi connectivity index (χ3v) is 2.12. The Bertz CT molecular complexity index is 416. The molecule has 0 saturated heterocycles. The van der Waals surface area contributed by atoms with Crippen molar-refractivity contribution in [3.63, 3.8) is 0 Å². The third-order valence-electron chi connectivity index (χ3n) is 2.12. The van der Waals surface area contributed by atoms with Crippen LogP contribution in [0.4, 0.5) is 26.3 Å². The van der Waals surface area contributed by atoms with E-state index in [1.165, 1.54) is 0 Å². The average molecular weight is 259 g/mol. The number of rotatable bonds is 2. The molecular weight excluding hydrogens is 252 g/mol. The van der Waals surface area contributed by atoms with E-state index in [9.17, 15) is 26.3 Å². The van der Waals surface area contributed by atoms with Crippen LogP contribution < -0.4 is 5.73 Å². The molecule has 0 spiro atoms. The highest BCUT2D eigenvalue weighted by atomic mass is 19.4. The minimum atomic E-state index is -5.88. The molecule has 17 heavy (non-hydrogen) atoms. The van der Waals surface area contributed by atoms with Crippen molar-refractivity contribution >= 4 is 0 Å². The van der Waals surface area contributed by atoms with Gasteiger partial charge in [-0.1, -0.05) is 12.1 Å². The van der Waals surface area contributed by atoms with Gasteiger partial charge in [0.05, 0.1) is 0 Å². The normalized spacial score (nSPS) is 14.8. The molecule has 3 N–H and O–H groups in total. The van der Waals surface area contributed by atoms with E-state index in [0.717, 1.165) is 6.07 Å². The van der Waals surface area contributed by atoms with Gasteiger partial charge in [0.15, 0.2) is 11.6 Å². The third kappa shape index (κ3) is 2.31. The zero-order valence-corrected chi connectivity index (χ0v) is 8.10. The molecule has 96 valence electrons. The zero-order valence-electron chi connectivity index (χ0n) is 8.10. The monoisotopic (exact) mass is 259 g/mol. The van der Waals surface area contributed by atoms with Crippen LogP contribution in [-0.2, 0) is 0 Å². The van der Waals surface area contributed by atoms with Crippen molar-refractivity contribution in [3.05, 3.63) is 29.6 Å². The summed E-state index contributed by atoms with van der Waals surface area (Å²) < 4.78 is 74.5. The van der Waals surface area contributed by atoms with Crippen LogP contribution in [0, 0.1) is 5.82 Å². The minimum absolute atomic E-state index is 0.697. The standard InChI is InChI=1S/C9H7F6NO/c10-5-3-1-2-4(6(5)17)7(16)8(11,12)9(13,14)15/h1-3,7,17H,16H2/t7-/m1/s1. The van der Waals surface area contributed by atoms with Gasteiger partial charge in [-0.3, -0.25) is 0 Å². The second-order valence-electron chi connectivity index (χ2n) is 3.28. The quantitative estimate of drug-likeness (QED) is 0.802. The number of alkyl halides is 5. The van der Waals surface area contributed by atoms with Crippen LogP contribution in [0.1, 0.15) is 11.6 Å². The van der Waals surface area contributed by atoms with Crippen molar-refractivity contribution in [2.45, 2.75) is 18.1 Å². The summed E-state index contributed by atoms with van der Waals surface area (Å²) in [5.74, 6) is -7.90. The average Bonchev–Trinajstić information content (AvgIpc) is 2.19. The highest BCUT2D eigenvalue weighted by Gasteiger charge is 2.62. The molecule has 1 aromatic rings. The maximum atomic E-state index is 12.8. The lowest BCUT2D eigenvalue weighted by atomic mass is 10.00. The van der Waals surface area contributed by atoms with Crippen molar-refractivity contribution in [1.29, 1.82) is 0 Å². The van der Waals surface area contributed by atoms with Gasteiger partial charge in [-0.25, -0.2) is 4.39 Å². The molecule has 0 aliphatic rings. The van der Waals surface area contributed by atoms with Gasteiger partial charge in [-0.05, 0) is 6.07 Å². The summed E-state index contributed by atoms with van der Waals surface area (Å²) >= 11 is 0. The lowest BCUT2D eigenvalue weighted by Gasteiger charge is -2.26. The molecule has 0 aromatic heterocycles. The number of para-hydroxylation sites is 1. The number of phenolic OH excluding ortho intramolecular Hbond substituents is 1. The smallest absolute Gasteiger partial charge is 0.455 e. The summed E-state index contributed by atoms with van der Waals surface area (Å²) in [7, 11) is 0. The van der Waals surface area contributed by atoms with Gasteiger partial charge in [-0.15, -0.1) is 0 Å². The summed E-state index contributed by atoms with van der Waals surface area (Å²) in [6, 6.07) is -0.602. The first-order valence-electron chi connectivity index (χ1n) is 4.26. The maximum absolute atomic E-state index is 12.8. The van der Waals surface area contributed by atoms with E-state index in [4.69, 9.17) is 10.8 Å². The molecule has 0 aliphatic heterocycles. The zero-order chi connectivity index (χ0) is 13.4. The SMILES string of the molecule is N[C@H](c1cccc(F)c1O)C(F)(F)C(F)(F)F. The highest BCUT2D eigenvalue weighted by Crippen LogP contribution is 2.45. The largest absolute Gasteiger partial charge is 0.505 e. The van der Waals surface area contributed by atoms with Crippen molar-refractivity contribution in [1.82, 2.24) is 0 Å². The molecule has 0 radical (unpaired) electrons. The van der Waals surface area contributed by atoms with Gasteiger partial charge in [0.1, 0.15) is 6.04 Å². The van der Waals surface area contributed by atoms with E-state index in [-0.39, 0.29) is 0 Å². The predicted molar refractivity (Wildman–Crippen MR) is 46.0 cm³/mol. The number of halogens is 6. The lowest BCUT2D eigenvalue weighted by molar-refractivity contribution is -0.291. The molecule has 0 saturated carbocycles. The molecule has 1 atom stereocenters. The van der Waals surface area contributed by atoms with Crippen LogP contribution in [0.25, 0.3) is 0 Å². The second-order valence-corrected chi connectivity index (χ2v) is 3.28. The molecule has 1 aromatic carbocycles. The van der Waals surface area contributed by atoms with Crippen molar-refractivity contribution in [3.8, 4) is 5.75 Å². The van der Waals surface area contributed by atoms with Crippen molar-refractivity contribution < 1.29 is 31.4 Å². The summed E-state index contributed by atoms with van der Waals surface area (Å²) in [6.45, 7) is 0. The van der Waals surface area contributed by atoms with Gasteiger partial charge in [0.2, 0.25) is 0 Å². The van der Waals surface area contributed by atoms with Gasteiger partial charge >= 0.3 is 12.1 Å². The summed E-state index contributed by atoms with van der Waals surface area (Å²) in [4.78, 5) is 0. The molecule has 0 amide bonds. The molecule has 0 heterocycles. The molecule has 2 nitrogen and oxygen atoms in total. The Morgan fingerprint density at radius 3 is 2.12 bits per heavy atom. The van der Waals surface area contributed by atoms with Gasteiger partial charge in [0.25, 0.3) is 0 Å². The number of aromatic hydroxyl groups is 1. The number of nitrogens with two attached hydrogens (primary N) is 1. The Labute approximate surface area is 91.7 Å². The molecule has 0 bridgehead atoms. The van der Waals surface area contributed by atoms with Gasteiger partial charge in [0, 0.05) is 5.56 Å². The van der Waals surface area contributed by atoms with E-state index in [2.05, 4.69) is 0 Å². The second kappa shape index (κ2) is 4.10. The summed E-state index contributed by atoms with van der Waals surface area (Å²) in [6.07, 6.45) is -5.88. The number of benzene rings is 1. The van der Waals surface area contributed by atoms with E-state index >= 15 is 0 Å².